The Morgan fingerprint density at radius 3 is 2.47 bits per heavy atom. The summed E-state index contributed by atoms with van der Waals surface area (Å²) in [6, 6.07) is 0. The summed E-state index contributed by atoms with van der Waals surface area (Å²) in [7, 11) is 0. The first-order valence-corrected chi connectivity index (χ1v) is 4.95. The molecule has 0 aromatic carbocycles. The number of hydrogen-bond acceptors (Lipinski definition) is 7. The van der Waals surface area contributed by atoms with E-state index in [9.17, 15) is 30.3 Å². The molecule has 0 aliphatic carbocycles. The van der Waals surface area contributed by atoms with E-state index in [4.69, 9.17) is 6.11 Å². The summed E-state index contributed by atoms with van der Waals surface area (Å²) in [5.74, 6) is -2.72. The zero-order chi connectivity index (χ0) is 14.2. The summed E-state index contributed by atoms with van der Waals surface area (Å²) in [4.78, 5) is 10.9. The van der Waals surface area contributed by atoms with Crippen LogP contribution >= 0.6 is 0 Å². The van der Waals surface area contributed by atoms with Crippen molar-refractivity contribution in [3.05, 3.63) is 12.2 Å². The third-order valence-corrected chi connectivity index (χ3v) is 2.76. The maximum atomic E-state index is 10.9. The number of carbonyl (C=O) groups excluding carboxylic acids is 1. The highest BCUT2D eigenvalue weighted by atomic mass is 16.7. The molecule has 1 heterocycles. The van der Waals surface area contributed by atoms with Gasteiger partial charge < -0.3 is 30.3 Å². The van der Waals surface area contributed by atoms with Crippen molar-refractivity contribution in [1.29, 1.82) is 0 Å². The van der Waals surface area contributed by atoms with Gasteiger partial charge in [0.05, 0.1) is 6.10 Å². The molecular weight excluding hydrogens is 232 g/mol. The van der Waals surface area contributed by atoms with Crippen LogP contribution in [0.3, 0.4) is 0 Å². The maximum absolute atomic E-state index is 10.9. The molecule has 0 saturated carbocycles. The molecule has 0 spiro atoms. The standard InChI is InChI=1S/C10H16O7/c1-4(3-11)10(16)9(15)7(14)6(13)8(17-10)5(2)12/h3,5-9,12-16H,1H2,2H3/t5?,6-,7-,8+,9-,10?/m0/s1/i3D. The Balaban J connectivity index is 3.12. The number of carbonyl (C=O) groups is 1. The number of aliphatic hydroxyl groups is 5. The predicted molar refractivity (Wildman–Crippen MR) is 54.7 cm³/mol. The molecule has 1 rings (SSSR count). The second kappa shape index (κ2) is 4.81. The smallest absolute Gasteiger partial charge is 0.225 e. The predicted octanol–water partition coefficient (Wildman–Crippen LogP) is -2.71. The summed E-state index contributed by atoms with van der Waals surface area (Å²) in [5, 5.41) is 48.1. The van der Waals surface area contributed by atoms with Crippen molar-refractivity contribution in [3.8, 4) is 0 Å². The largest absolute Gasteiger partial charge is 0.391 e. The molecule has 98 valence electrons. The highest BCUT2D eigenvalue weighted by Gasteiger charge is 2.55. The van der Waals surface area contributed by atoms with E-state index < -0.39 is 48.1 Å². The van der Waals surface area contributed by atoms with Gasteiger partial charge in [-0.15, -0.1) is 0 Å². The quantitative estimate of drug-likeness (QED) is 0.272. The molecule has 0 aromatic rings. The van der Waals surface area contributed by atoms with E-state index >= 15 is 0 Å². The fourth-order valence-electron chi connectivity index (χ4n) is 1.67. The monoisotopic (exact) mass is 249 g/mol. The van der Waals surface area contributed by atoms with E-state index in [1.54, 1.807) is 0 Å². The minimum atomic E-state index is -2.72. The lowest BCUT2D eigenvalue weighted by molar-refractivity contribution is -0.337. The molecule has 0 amide bonds. The van der Waals surface area contributed by atoms with Crippen molar-refractivity contribution in [3.63, 3.8) is 0 Å². The van der Waals surface area contributed by atoms with Crippen LogP contribution in [0, 0.1) is 0 Å². The van der Waals surface area contributed by atoms with Crippen molar-refractivity contribution in [2.75, 3.05) is 0 Å². The molecule has 1 aliphatic rings. The average Bonchev–Trinajstić information content (AvgIpc) is 2.29. The molecule has 0 aromatic heterocycles. The first-order chi connectivity index (χ1) is 8.12. The van der Waals surface area contributed by atoms with Crippen LogP contribution in [-0.2, 0) is 9.53 Å². The molecule has 1 saturated heterocycles. The second-order valence-electron chi connectivity index (χ2n) is 4.03. The lowest BCUT2D eigenvalue weighted by Crippen LogP contribution is -2.67. The molecule has 6 atom stereocenters. The lowest BCUT2D eigenvalue weighted by atomic mass is 9.87. The van der Waals surface area contributed by atoms with Gasteiger partial charge >= 0.3 is 0 Å². The Morgan fingerprint density at radius 2 is 2.06 bits per heavy atom. The topological polar surface area (TPSA) is 127 Å². The molecule has 2 unspecified atom stereocenters. The van der Waals surface area contributed by atoms with Crippen molar-refractivity contribution >= 4 is 6.26 Å². The summed E-state index contributed by atoms with van der Waals surface area (Å²) >= 11 is 0. The molecule has 0 bridgehead atoms. The number of hydrogen-bond donors (Lipinski definition) is 5. The summed E-state index contributed by atoms with van der Waals surface area (Å²) in [5.41, 5.74) is -0.799. The van der Waals surface area contributed by atoms with Crippen molar-refractivity contribution in [2.45, 2.75) is 43.2 Å². The van der Waals surface area contributed by atoms with Crippen molar-refractivity contribution < 1.29 is 36.4 Å². The van der Waals surface area contributed by atoms with Gasteiger partial charge in [0.2, 0.25) is 5.79 Å². The number of ether oxygens (including phenoxy) is 1. The van der Waals surface area contributed by atoms with Crippen LogP contribution in [0.2, 0.25) is 0 Å². The maximum Gasteiger partial charge on any atom is 0.225 e. The second-order valence-corrected chi connectivity index (χ2v) is 4.03. The van der Waals surface area contributed by atoms with Crippen LogP contribution in [0.5, 0.6) is 0 Å². The Morgan fingerprint density at radius 1 is 1.53 bits per heavy atom. The minimum absolute atomic E-state index is 0.799. The molecule has 5 N–H and O–H groups in total. The van der Waals surface area contributed by atoms with Gasteiger partial charge in [-0.05, 0) is 6.92 Å². The molecule has 17 heavy (non-hydrogen) atoms. The van der Waals surface area contributed by atoms with Gasteiger partial charge in [0.25, 0.3) is 0 Å². The van der Waals surface area contributed by atoms with Gasteiger partial charge in [-0.25, -0.2) is 0 Å². The van der Waals surface area contributed by atoms with Crippen LogP contribution < -0.4 is 0 Å². The van der Waals surface area contributed by atoms with E-state index in [0.717, 1.165) is 0 Å². The normalized spacial score (nSPS) is 44.9. The minimum Gasteiger partial charge on any atom is -0.391 e. The molecule has 7 nitrogen and oxygen atoms in total. The van der Waals surface area contributed by atoms with Crippen LogP contribution in [0.15, 0.2) is 12.2 Å². The van der Waals surface area contributed by atoms with E-state index in [1.807, 2.05) is 0 Å². The van der Waals surface area contributed by atoms with Crippen LogP contribution in [0.25, 0.3) is 0 Å². The van der Waals surface area contributed by atoms with Crippen LogP contribution in [0.4, 0.5) is 0 Å². The third-order valence-electron chi connectivity index (χ3n) is 2.76. The van der Waals surface area contributed by atoms with Crippen LogP contribution in [-0.4, -0.2) is 68.1 Å². The van der Waals surface area contributed by atoms with E-state index in [0.29, 0.717) is 0 Å². The molecule has 0 radical (unpaired) electrons. The average molecular weight is 249 g/mol. The molecule has 1 fully saturated rings. The van der Waals surface area contributed by atoms with Crippen molar-refractivity contribution in [2.24, 2.45) is 0 Å². The van der Waals surface area contributed by atoms with E-state index in [-0.39, 0.29) is 0 Å². The highest BCUT2D eigenvalue weighted by Crippen LogP contribution is 2.33. The van der Waals surface area contributed by atoms with Gasteiger partial charge in [-0.3, -0.25) is 4.79 Å². The van der Waals surface area contributed by atoms with Crippen molar-refractivity contribution in [1.82, 2.24) is 0 Å². The zero-order valence-corrected chi connectivity index (χ0v) is 9.15. The number of aldehydes is 1. The summed E-state index contributed by atoms with van der Waals surface area (Å²) in [6.07, 6.45) is -9.71. The van der Waals surface area contributed by atoms with Gasteiger partial charge in [0.1, 0.15) is 25.8 Å². The van der Waals surface area contributed by atoms with Crippen LogP contribution in [0.1, 0.15) is 8.29 Å². The Labute approximate surface area is 99.0 Å². The van der Waals surface area contributed by atoms with E-state index in [2.05, 4.69) is 6.58 Å². The van der Waals surface area contributed by atoms with Gasteiger partial charge in [-0.2, -0.15) is 0 Å². The SMILES string of the molecule is [2H]C(=O)C(=C)C1(O)O[C@H](C(C)O)[C@@H](O)[C@H](O)[C@@H]1O. The highest BCUT2D eigenvalue weighted by molar-refractivity contribution is 5.75. The first-order valence-electron chi connectivity index (χ1n) is 5.45. The molecular formula is C10H16O7. The lowest BCUT2D eigenvalue weighted by Gasteiger charge is -2.46. The third kappa shape index (κ3) is 2.25. The fraction of sp³-hybridized carbons (Fsp3) is 0.700. The van der Waals surface area contributed by atoms with E-state index in [1.165, 1.54) is 6.92 Å². The Kier molecular flexibility index (Phi) is 3.57. The fourth-order valence-corrected chi connectivity index (χ4v) is 1.67. The van der Waals surface area contributed by atoms with Gasteiger partial charge in [0, 0.05) is 5.57 Å². The molecule has 1 aliphatic heterocycles. The summed E-state index contributed by atoms with van der Waals surface area (Å²) in [6.45, 7) is 4.33. The summed E-state index contributed by atoms with van der Waals surface area (Å²) < 4.78 is 11.7. The Bertz CT molecular complexity index is 358. The number of aliphatic hydroxyl groups excluding tert-OH is 4. The van der Waals surface area contributed by atoms with Gasteiger partial charge in [0.15, 0.2) is 6.26 Å². The first kappa shape index (κ1) is 12.6. The Hall–Kier alpha value is -0.830. The molecule has 7 heteroatoms. The number of rotatable bonds is 3. The van der Waals surface area contributed by atoms with Gasteiger partial charge in [-0.1, -0.05) is 6.58 Å². The zero-order valence-electron chi connectivity index (χ0n) is 10.1.